The number of fused-ring (bicyclic) bond motifs is 1. The molecule has 0 aliphatic carbocycles. The third-order valence-electron chi connectivity index (χ3n) is 2.75. The quantitative estimate of drug-likeness (QED) is 0.792. The molecule has 0 amide bonds. The van der Waals surface area contributed by atoms with Gasteiger partial charge in [0.2, 0.25) is 0 Å². The van der Waals surface area contributed by atoms with Crippen molar-refractivity contribution in [1.29, 1.82) is 0 Å². The second kappa shape index (κ2) is 5.04. The summed E-state index contributed by atoms with van der Waals surface area (Å²) in [5, 5.41) is 0. The Kier molecular flexibility index (Phi) is 4.14. The van der Waals surface area contributed by atoms with Crippen molar-refractivity contribution in [2.45, 2.75) is 19.0 Å². The molecule has 17 heavy (non-hydrogen) atoms. The van der Waals surface area contributed by atoms with Crippen LogP contribution in [0.3, 0.4) is 0 Å². The van der Waals surface area contributed by atoms with Crippen molar-refractivity contribution < 1.29 is 13.2 Å². The van der Waals surface area contributed by atoms with Gasteiger partial charge >= 0.3 is 6.18 Å². The Morgan fingerprint density at radius 1 is 1.29 bits per heavy atom. The first-order valence-corrected chi connectivity index (χ1v) is 5.16. The van der Waals surface area contributed by atoms with E-state index in [2.05, 4.69) is 0 Å². The van der Waals surface area contributed by atoms with Crippen LogP contribution in [-0.2, 0) is 6.42 Å². The molecule has 0 fully saturated rings. The topological polar surface area (TPSA) is 29.3 Å². The van der Waals surface area contributed by atoms with Crippen LogP contribution in [0.1, 0.15) is 12.0 Å². The van der Waals surface area contributed by atoms with E-state index in [4.69, 9.17) is 5.73 Å². The summed E-state index contributed by atoms with van der Waals surface area (Å²) in [5.41, 5.74) is 7.82. The van der Waals surface area contributed by atoms with Gasteiger partial charge in [0.25, 0.3) is 0 Å². The maximum Gasteiger partial charge on any atom is 0.405 e. The Morgan fingerprint density at radius 3 is 2.65 bits per heavy atom. The third-order valence-corrected chi connectivity index (χ3v) is 2.75. The first-order chi connectivity index (χ1) is 7.47. The van der Waals surface area contributed by atoms with Crippen LogP contribution in [0.4, 0.5) is 24.5 Å². The predicted molar refractivity (Wildman–Crippen MR) is 64.7 cm³/mol. The highest BCUT2D eigenvalue weighted by molar-refractivity contribution is 5.85. The highest BCUT2D eigenvalue weighted by atomic mass is 35.5. The summed E-state index contributed by atoms with van der Waals surface area (Å²) in [6.45, 7) is -0.459. The zero-order chi connectivity index (χ0) is 11.8. The molecule has 2 N–H and O–H groups in total. The summed E-state index contributed by atoms with van der Waals surface area (Å²) >= 11 is 0. The largest absolute Gasteiger partial charge is 0.405 e. The van der Waals surface area contributed by atoms with Crippen LogP contribution in [-0.4, -0.2) is 19.3 Å². The molecule has 0 aromatic heterocycles. The number of benzene rings is 1. The molecule has 1 heterocycles. The van der Waals surface area contributed by atoms with Crippen molar-refractivity contribution in [3.05, 3.63) is 23.8 Å². The zero-order valence-corrected chi connectivity index (χ0v) is 9.94. The van der Waals surface area contributed by atoms with Crippen molar-refractivity contribution >= 4 is 23.8 Å². The minimum absolute atomic E-state index is 0. The van der Waals surface area contributed by atoms with E-state index in [1.807, 2.05) is 0 Å². The molecule has 1 aliphatic heterocycles. The lowest BCUT2D eigenvalue weighted by atomic mass is 10.00. The van der Waals surface area contributed by atoms with E-state index < -0.39 is 12.7 Å². The van der Waals surface area contributed by atoms with Crippen molar-refractivity contribution in [1.82, 2.24) is 0 Å². The third kappa shape index (κ3) is 3.19. The Bertz CT molecular complexity index is 393. The van der Waals surface area contributed by atoms with Crippen molar-refractivity contribution in [3.8, 4) is 0 Å². The molecule has 0 spiro atoms. The lowest BCUT2D eigenvalue weighted by Gasteiger charge is -2.32. The Balaban J connectivity index is 0.00000144. The van der Waals surface area contributed by atoms with E-state index in [9.17, 15) is 13.2 Å². The minimum Gasteiger partial charge on any atom is -0.398 e. The average molecular weight is 267 g/mol. The number of hydrogen-bond donors (Lipinski definition) is 1. The summed E-state index contributed by atoms with van der Waals surface area (Å²) in [5.74, 6) is 0. The standard InChI is InChI=1S/C11H13F3N2.ClH/c12-11(13,14)7-16-6-2-3-8-9(15)4-1-5-10(8)16;/h1,4-5H,2-3,6-7,15H2;1H. The van der Waals surface area contributed by atoms with Crippen LogP contribution in [0, 0.1) is 0 Å². The number of alkyl halides is 3. The summed E-state index contributed by atoms with van der Waals surface area (Å²) in [6, 6.07) is 5.13. The zero-order valence-electron chi connectivity index (χ0n) is 9.13. The van der Waals surface area contributed by atoms with Crippen LogP contribution in [0.5, 0.6) is 0 Å². The SMILES string of the molecule is Cl.Nc1cccc2c1CCCN2CC(F)(F)F. The van der Waals surface area contributed by atoms with Gasteiger partial charge in [0.1, 0.15) is 6.54 Å². The fourth-order valence-electron chi connectivity index (χ4n) is 2.11. The minimum atomic E-state index is -4.17. The molecule has 1 aromatic carbocycles. The van der Waals surface area contributed by atoms with E-state index in [0.29, 0.717) is 17.9 Å². The first-order valence-electron chi connectivity index (χ1n) is 5.16. The van der Waals surface area contributed by atoms with E-state index in [1.165, 1.54) is 4.90 Å². The Labute approximate surface area is 104 Å². The molecule has 96 valence electrons. The molecule has 0 saturated heterocycles. The number of rotatable bonds is 1. The van der Waals surface area contributed by atoms with Gasteiger partial charge in [0.15, 0.2) is 0 Å². The summed E-state index contributed by atoms with van der Waals surface area (Å²) in [6.07, 6.45) is -2.69. The number of nitrogen functional groups attached to an aromatic ring is 1. The highest BCUT2D eigenvalue weighted by Gasteiger charge is 2.32. The van der Waals surface area contributed by atoms with E-state index in [0.717, 1.165) is 18.4 Å². The summed E-state index contributed by atoms with van der Waals surface area (Å²) < 4.78 is 37.1. The number of nitrogens with zero attached hydrogens (tertiary/aromatic N) is 1. The normalized spacial score (nSPS) is 15.1. The molecule has 0 radical (unpaired) electrons. The molecule has 2 nitrogen and oxygen atoms in total. The van der Waals surface area contributed by atoms with Gasteiger partial charge in [-0.05, 0) is 30.5 Å². The van der Waals surface area contributed by atoms with Crippen LogP contribution in [0.25, 0.3) is 0 Å². The summed E-state index contributed by atoms with van der Waals surface area (Å²) in [4.78, 5) is 1.36. The predicted octanol–water partition coefficient (Wildman–Crippen LogP) is 3.01. The van der Waals surface area contributed by atoms with Crippen LogP contribution < -0.4 is 10.6 Å². The number of anilines is 2. The fourth-order valence-corrected chi connectivity index (χ4v) is 2.11. The molecule has 0 unspecified atom stereocenters. The lowest BCUT2D eigenvalue weighted by molar-refractivity contribution is -0.119. The molecular weight excluding hydrogens is 253 g/mol. The van der Waals surface area contributed by atoms with Crippen LogP contribution in [0.2, 0.25) is 0 Å². The monoisotopic (exact) mass is 266 g/mol. The van der Waals surface area contributed by atoms with Gasteiger partial charge in [-0.1, -0.05) is 6.07 Å². The maximum atomic E-state index is 12.4. The number of hydrogen-bond acceptors (Lipinski definition) is 2. The molecule has 1 aliphatic rings. The molecule has 0 atom stereocenters. The van der Waals surface area contributed by atoms with Crippen LogP contribution in [0.15, 0.2) is 18.2 Å². The first kappa shape index (κ1) is 14.0. The molecule has 6 heteroatoms. The van der Waals surface area contributed by atoms with Gasteiger partial charge in [-0.25, -0.2) is 0 Å². The average Bonchev–Trinajstić information content (AvgIpc) is 2.17. The van der Waals surface area contributed by atoms with E-state index in [-0.39, 0.29) is 12.4 Å². The van der Waals surface area contributed by atoms with E-state index >= 15 is 0 Å². The van der Waals surface area contributed by atoms with Gasteiger partial charge in [0, 0.05) is 17.9 Å². The Morgan fingerprint density at radius 2 is 2.00 bits per heavy atom. The Hall–Kier alpha value is -1.10. The van der Waals surface area contributed by atoms with Gasteiger partial charge in [-0.15, -0.1) is 12.4 Å². The summed E-state index contributed by atoms with van der Waals surface area (Å²) in [7, 11) is 0. The number of nitrogens with two attached hydrogens (primary N) is 1. The van der Waals surface area contributed by atoms with Gasteiger partial charge in [-0.2, -0.15) is 13.2 Å². The lowest BCUT2D eigenvalue weighted by Crippen LogP contribution is -2.37. The van der Waals surface area contributed by atoms with Gasteiger partial charge in [0.05, 0.1) is 0 Å². The molecular formula is C11H14ClF3N2. The fraction of sp³-hybridized carbons (Fsp3) is 0.455. The smallest absolute Gasteiger partial charge is 0.398 e. The van der Waals surface area contributed by atoms with E-state index in [1.54, 1.807) is 18.2 Å². The molecule has 0 bridgehead atoms. The molecule has 0 saturated carbocycles. The molecule has 1 aromatic rings. The molecule has 2 rings (SSSR count). The van der Waals surface area contributed by atoms with Crippen molar-refractivity contribution in [2.24, 2.45) is 0 Å². The second-order valence-electron chi connectivity index (χ2n) is 3.99. The van der Waals surface area contributed by atoms with Crippen LogP contribution >= 0.6 is 12.4 Å². The van der Waals surface area contributed by atoms with Crippen molar-refractivity contribution in [2.75, 3.05) is 23.7 Å². The second-order valence-corrected chi connectivity index (χ2v) is 3.99. The maximum absolute atomic E-state index is 12.4. The van der Waals surface area contributed by atoms with Gasteiger partial charge in [-0.3, -0.25) is 0 Å². The van der Waals surface area contributed by atoms with Crippen molar-refractivity contribution in [3.63, 3.8) is 0 Å². The number of halogens is 4. The highest BCUT2D eigenvalue weighted by Crippen LogP contribution is 2.33. The van der Waals surface area contributed by atoms with Gasteiger partial charge < -0.3 is 10.6 Å².